The van der Waals surface area contributed by atoms with Gasteiger partial charge in [0.15, 0.2) is 0 Å². The predicted molar refractivity (Wildman–Crippen MR) is 61.9 cm³/mol. The summed E-state index contributed by atoms with van der Waals surface area (Å²) in [5.41, 5.74) is 5.27. The van der Waals surface area contributed by atoms with Crippen LogP contribution < -0.4 is 10.5 Å². The van der Waals surface area contributed by atoms with Crippen molar-refractivity contribution in [2.75, 3.05) is 10.5 Å². The van der Waals surface area contributed by atoms with Crippen LogP contribution in [0.4, 0.5) is 11.1 Å². The zero-order valence-corrected chi connectivity index (χ0v) is 10.3. The first-order valence-electron chi connectivity index (χ1n) is 4.38. The van der Waals surface area contributed by atoms with E-state index in [0.29, 0.717) is 5.82 Å². The topological polar surface area (TPSA) is 124 Å². The molecule has 0 atom stereocenters. The van der Waals surface area contributed by atoms with Crippen molar-refractivity contribution in [3.8, 4) is 0 Å². The summed E-state index contributed by atoms with van der Waals surface area (Å²) < 4.78 is 29.8. The monoisotopic (exact) mass is 272 g/mol. The van der Waals surface area contributed by atoms with Gasteiger partial charge in [-0.05, 0) is 6.92 Å². The smallest absolute Gasteiger partial charge is 0.266 e. The maximum atomic E-state index is 11.8. The van der Waals surface area contributed by atoms with Gasteiger partial charge in [0.25, 0.3) is 10.0 Å². The molecule has 17 heavy (non-hydrogen) atoms. The highest BCUT2D eigenvalue weighted by Gasteiger charge is 2.17. The molecule has 3 N–H and O–H groups in total. The Balaban J connectivity index is 2.28. The first-order valence-corrected chi connectivity index (χ1v) is 6.64. The number of aromatic nitrogens is 4. The van der Waals surface area contributed by atoms with E-state index in [0.717, 1.165) is 23.9 Å². The standard InChI is InChI=1S/C7H8N6O2S2/c1-4-11-7(16-12-4)13-17(14,15)5-2-9-6(8)10-3-5/h2-3H,1H3,(H2,8,9,10)(H,11,12,13). The molecule has 0 bridgehead atoms. The van der Waals surface area contributed by atoms with Crippen LogP contribution in [-0.4, -0.2) is 27.7 Å². The van der Waals surface area contributed by atoms with Crippen LogP contribution in [0.3, 0.4) is 0 Å². The number of nitrogens with two attached hydrogens (primary N) is 1. The molecule has 2 heterocycles. The van der Waals surface area contributed by atoms with E-state index in [1.807, 2.05) is 0 Å². The highest BCUT2D eigenvalue weighted by Crippen LogP contribution is 2.16. The summed E-state index contributed by atoms with van der Waals surface area (Å²) in [5.74, 6) is 0.511. The van der Waals surface area contributed by atoms with Crippen molar-refractivity contribution in [3.63, 3.8) is 0 Å². The fourth-order valence-corrected chi connectivity index (χ4v) is 2.66. The fraction of sp³-hybridized carbons (Fsp3) is 0.143. The summed E-state index contributed by atoms with van der Waals surface area (Å²) in [6, 6.07) is 0. The Bertz CT molecular complexity index is 620. The number of rotatable bonds is 3. The number of anilines is 2. The van der Waals surface area contributed by atoms with Gasteiger partial charge in [0.1, 0.15) is 10.7 Å². The van der Waals surface area contributed by atoms with E-state index in [9.17, 15) is 8.42 Å². The van der Waals surface area contributed by atoms with Crippen molar-refractivity contribution in [1.29, 1.82) is 0 Å². The average molecular weight is 272 g/mol. The van der Waals surface area contributed by atoms with Crippen LogP contribution in [0, 0.1) is 6.92 Å². The van der Waals surface area contributed by atoms with Crippen molar-refractivity contribution in [2.45, 2.75) is 11.8 Å². The van der Waals surface area contributed by atoms with Gasteiger partial charge in [0.2, 0.25) is 11.1 Å². The molecule has 8 nitrogen and oxygen atoms in total. The molecule has 0 saturated heterocycles. The van der Waals surface area contributed by atoms with Crippen molar-refractivity contribution in [3.05, 3.63) is 18.2 Å². The number of nitrogens with one attached hydrogen (secondary N) is 1. The van der Waals surface area contributed by atoms with E-state index < -0.39 is 10.0 Å². The highest BCUT2D eigenvalue weighted by atomic mass is 32.2. The van der Waals surface area contributed by atoms with Gasteiger partial charge in [-0.15, -0.1) is 0 Å². The van der Waals surface area contributed by atoms with Crippen LogP contribution in [0.1, 0.15) is 5.82 Å². The van der Waals surface area contributed by atoms with Crippen LogP contribution in [0.5, 0.6) is 0 Å². The van der Waals surface area contributed by atoms with Crippen LogP contribution in [0.15, 0.2) is 17.3 Å². The Labute approximate surface area is 101 Å². The Morgan fingerprint density at radius 1 is 1.35 bits per heavy atom. The predicted octanol–water partition coefficient (Wildman–Crippen LogP) is 0.0195. The van der Waals surface area contributed by atoms with Crippen molar-refractivity contribution >= 4 is 32.6 Å². The summed E-state index contributed by atoms with van der Waals surface area (Å²) >= 11 is 0.957. The molecule has 0 fully saturated rings. The molecule has 2 rings (SSSR count). The molecular weight excluding hydrogens is 264 g/mol. The molecule has 90 valence electrons. The van der Waals surface area contributed by atoms with Gasteiger partial charge in [0, 0.05) is 11.5 Å². The molecule has 0 aliphatic carbocycles. The third kappa shape index (κ3) is 2.65. The van der Waals surface area contributed by atoms with E-state index in [2.05, 4.69) is 24.0 Å². The number of aryl methyl sites for hydroxylation is 1. The second-order valence-corrected chi connectivity index (χ2v) is 5.46. The normalized spacial score (nSPS) is 11.4. The molecule has 0 radical (unpaired) electrons. The zero-order valence-electron chi connectivity index (χ0n) is 8.65. The third-order valence-electron chi connectivity index (χ3n) is 1.71. The molecule has 0 spiro atoms. The number of nitrogens with zero attached hydrogens (tertiary/aromatic N) is 4. The minimum Gasteiger partial charge on any atom is -0.368 e. The number of hydrogen-bond acceptors (Lipinski definition) is 8. The van der Waals surface area contributed by atoms with Gasteiger partial charge in [-0.1, -0.05) is 0 Å². The first-order chi connectivity index (χ1) is 7.97. The van der Waals surface area contributed by atoms with Crippen molar-refractivity contribution < 1.29 is 8.42 Å². The van der Waals surface area contributed by atoms with Gasteiger partial charge in [0.05, 0.1) is 12.4 Å². The molecular formula is C7H8N6O2S2. The summed E-state index contributed by atoms with van der Waals surface area (Å²) in [6.45, 7) is 1.67. The average Bonchev–Trinajstić information content (AvgIpc) is 2.63. The maximum Gasteiger partial charge on any atom is 0.266 e. The zero-order chi connectivity index (χ0) is 12.5. The van der Waals surface area contributed by atoms with Crippen LogP contribution in [-0.2, 0) is 10.0 Å². The maximum absolute atomic E-state index is 11.8. The summed E-state index contributed by atoms with van der Waals surface area (Å²) in [5, 5.41) is 0.194. The van der Waals surface area contributed by atoms with E-state index in [1.165, 1.54) is 0 Å². The largest absolute Gasteiger partial charge is 0.368 e. The van der Waals surface area contributed by atoms with E-state index >= 15 is 0 Å². The molecule has 0 aliphatic heterocycles. The molecule has 0 saturated carbocycles. The lowest BCUT2D eigenvalue weighted by atomic mass is 10.7. The Morgan fingerprint density at radius 3 is 2.53 bits per heavy atom. The van der Waals surface area contributed by atoms with Crippen LogP contribution in [0.2, 0.25) is 0 Å². The van der Waals surface area contributed by atoms with Crippen molar-refractivity contribution in [1.82, 2.24) is 19.3 Å². The second-order valence-electron chi connectivity index (χ2n) is 3.03. The quantitative estimate of drug-likeness (QED) is 0.807. The number of hydrogen-bond donors (Lipinski definition) is 2. The molecule has 0 aromatic carbocycles. The van der Waals surface area contributed by atoms with Crippen LogP contribution in [0.25, 0.3) is 0 Å². The Hall–Kier alpha value is -1.81. The molecule has 2 aromatic heterocycles. The number of sulfonamides is 1. The minimum absolute atomic E-state index is 0.00992. The van der Waals surface area contributed by atoms with Gasteiger partial charge in [-0.3, -0.25) is 4.72 Å². The van der Waals surface area contributed by atoms with Gasteiger partial charge in [-0.2, -0.15) is 4.37 Å². The lowest BCUT2D eigenvalue weighted by Crippen LogP contribution is -2.13. The third-order valence-corrected chi connectivity index (χ3v) is 3.85. The van der Waals surface area contributed by atoms with Gasteiger partial charge in [-0.25, -0.2) is 23.4 Å². The molecule has 0 aliphatic rings. The van der Waals surface area contributed by atoms with Gasteiger partial charge >= 0.3 is 0 Å². The van der Waals surface area contributed by atoms with E-state index in [4.69, 9.17) is 5.73 Å². The Kier molecular flexibility index (Phi) is 2.90. The van der Waals surface area contributed by atoms with Gasteiger partial charge < -0.3 is 5.73 Å². The van der Waals surface area contributed by atoms with Crippen LogP contribution >= 0.6 is 11.5 Å². The number of nitrogen functional groups attached to an aromatic ring is 1. The highest BCUT2D eigenvalue weighted by molar-refractivity contribution is 7.92. The van der Waals surface area contributed by atoms with E-state index in [1.54, 1.807) is 6.92 Å². The first kappa shape index (κ1) is 11.7. The second kappa shape index (κ2) is 4.22. The lowest BCUT2D eigenvalue weighted by Gasteiger charge is -2.03. The summed E-state index contributed by atoms with van der Waals surface area (Å²) in [7, 11) is -3.74. The summed E-state index contributed by atoms with van der Waals surface area (Å²) in [6.07, 6.45) is 2.25. The fourth-order valence-electron chi connectivity index (χ4n) is 0.977. The summed E-state index contributed by atoms with van der Waals surface area (Å²) in [4.78, 5) is 11.0. The lowest BCUT2D eigenvalue weighted by molar-refractivity contribution is 0.600. The molecule has 10 heteroatoms. The molecule has 2 aromatic rings. The molecule has 0 amide bonds. The minimum atomic E-state index is -3.74. The Morgan fingerprint density at radius 2 is 2.00 bits per heavy atom. The van der Waals surface area contributed by atoms with Crippen molar-refractivity contribution in [2.24, 2.45) is 0 Å². The van der Waals surface area contributed by atoms with E-state index in [-0.39, 0.29) is 16.0 Å². The molecule has 0 unspecified atom stereocenters. The SMILES string of the molecule is Cc1nsc(NS(=O)(=O)c2cnc(N)nc2)n1.